The fraction of sp³-hybridized carbons (Fsp3) is 0.400. The molecule has 0 fully saturated rings. The van der Waals surface area contributed by atoms with E-state index in [0.717, 1.165) is 0 Å². The van der Waals surface area contributed by atoms with Crippen LogP contribution < -0.4 is 5.73 Å². The molecule has 14 heavy (non-hydrogen) atoms. The van der Waals surface area contributed by atoms with Crippen LogP contribution in [0.4, 0.5) is 4.39 Å². The molecule has 0 aliphatic rings. The zero-order valence-electron chi connectivity index (χ0n) is 7.93. The highest BCUT2D eigenvalue weighted by atomic mass is 79.9. The Kier molecular flexibility index (Phi) is 3.64. The van der Waals surface area contributed by atoms with Crippen LogP contribution in [0.15, 0.2) is 22.7 Å². The summed E-state index contributed by atoms with van der Waals surface area (Å²) in [6, 6.07) is 4.75. The lowest BCUT2D eigenvalue weighted by molar-refractivity contribution is 0.206. The normalized spacial score (nSPS) is 15.2. The Bertz CT molecular complexity index is 326. The van der Waals surface area contributed by atoms with E-state index in [1.807, 2.05) is 0 Å². The van der Waals surface area contributed by atoms with Gasteiger partial charge in [0.25, 0.3) is 0 Å². The van der Waals surface area contributed by atoms with Crippen LogP contribution in [0.3, 0.4) is 0 Å². The standard InChI is InChI=1S/C10H13BrFNO/c1-10(5-13,6-14)8-3-2-7(11)4-9(8)12/h2-4,14H,5-6,13H2,1H3. The number of rotatable bonds is 3. The first-order valence-corrected chi connectivity index (χ1v) is 5.09. The molecule has 0 aliphatic heterocycles. The molecule has 0 saturated carbocycles. The first kappa shape index (κ1) is 11.6. The minimum atomic E-state index is -0.704. The number of nitrogens with two attached hydrogens (primary N) is 1. The van der Waals surface area contributed by atoms with Crippen molar-refractivity contribution in [2.24, 2.45) is 5.73 Å². The smallest absolute Gasteiger partial charge is 0.128 e. The van der Waals surface area contributed by atoms with E-state index in [1.165, 1.54) is 6.07 Å². The van der Waals surface area contributed by atoms with Crippen molar-refractivity contribution in [2.75, 3.05) is 13.2 Å². The van der Waals surface area contributed by atoms with Gasteiger partial charge in [-0.25, -0.2) is 4.39 Å². The molecular formula is C10H13BrFNO. The molecule has 2 nitrogen and oxygen atoms in total. The topological polar surface area (TPSA) is 46.2 Å². The van der Waals surface area contributed by atoms with E-state index in [1.54, 1.807) is 19.1 Å². The molecule has 0 amide bonds. The number of aliphatic hydroxyl groups is 1. The average Bonchev–Trinajstić information content (AvgIpc) is 2.17. The molecule has 1 rings (SSSR count). The van der Waals surface area contributed by atoms with Gasteiger partial charge in [-0.2, -0.15) is 0 Å². The van der Waals surface area contributed by atoms with E-state index >= 15 is 0 Å². The summed E-state index contributed by atoms with van der Waals surface area (Å²) in [5, 5.41) is 9.17. The first-order chi connectivity index (χ1) is 6.53. The fourth-order valence-corrected chi connectivity index (χ4v) is 1.57. The van der Waals surface area contributed by atoms with Gasteiger partial charge in [0.15, 0.2) is 0 Å². The van der Waals surface area contributed by atoms with Gasteiger partial charge in [0.2, 0.25) is 0 Å². The van der Waals surface area contributed by atoms with Gasteiger partial charge in [0.1, 0.15) is 5.82 Å². The predicted octanol–water partition coefficient (Wildman–Crippen LogP) is 1.80. The molecule has 0 saturated heterocycles. The molecule has 3 N–H and O–H groups in total. The van der Waals surface area contributed by atoms with Crippen LogP contribution in [-0.2, 0) is 5.41 Å². The van der Waals surface area contributed by atoms with Crippen LogP contribution in [0.2, 0.25) is 0 Å². The number of benzene rings is 1. The lowest BCUT2D eigenvalue weighted by atomic mass is 9.83. The number of halogens is 2. The summed E-state index contributed by atoms with van der Waals surface area (Å²) in [5.74, 6) is -0.346. The van der Waals surface area contributed by atoms with Gasteiger partial charge in [0, 0.05) is 16.4 Å². The molecule has 0 radical (unpaired) electrons. The lowest BCUT2D eigenvalue weighted by Crippen LogP contribution is -2.36. The van der Waals surface area contributed by atoms with Crippen molar-refractivity contribution in [1.82, 2.24) is 0 Å². The largest absolute Gasteiger partial charge is 0.395 e. The molecule has 1 aromatic carbocycles. The summed E-state index contributed by atoms with van der Waals surface area (Å²) in [5.41, 5.74) is 5.26. The van der Waals surface area contributed by atoms with E-state index in [4.69, 9.17) is 5.73 Å². The monoisotopic (exact) mass is 261 g/mol. The van der Waals surface area contributed by atoms with Crippen molar-refractivity contribution in [2.45, 2.75) is 12.3 Å². The summed E-state index contributed by atoms with van der Waals surface area (Å²) in [6.45, 7) is 1.78. The highest BCUT2D eigenvalue weighted by molar-refractivity contribution is 9.10. The zero-order chi connectivity index (χ0) is 10.8. The van der Waals surface area contributed by atoms with E-state index in [9.17, 15) is 9.50 Å². The molecule has 1 unspecified atom stereocenters. The van der Waals surface area contributed by atoms with Crippen molar-refractivity contribution in [3.63, 3.8) is 0 Å². The Morgan fingerprint density at radius 1 is 1.57 bits per heavy atom. The molecule has 0 spiro atoms. The van der Waals surface area contributed by atoms with Gasteiger partial charge >= 0.3 is 0 Å². The predicted molar refractivity (Wildman–Crippen MR) is 57.6 cm³/mol. The molecule has 0 heterocycles. The quantitative estimate of drug-likeness (QED) is 0.872. The Morgan fingerprint density at radius 3 is 2.64 bits per heavy atom. The molecule has 0 bridgehead atoms. The highest BCUT2D eigenvalue weighted by Gasteiger charge is 2.27. The van der Waals surface area contributed by atoms with Gasteiger partial charge in [-0.1, -0.05) is 28.9 Å². The minimum absolute atomic E-state index is 0.165. The molecule has 0 aromatic heterocycles. The number of aliphatic hydroxyl groups excluding tert-OH is 1. The van der Waals surface area contributed by atoms with Crippen molar-refractivity contribution in [1.29, 1.82) is 0 Å². The van der Waals surface area contributed by atoms with Crippen LogP contribution in [0, 0.1) is 5.82 Å². The van der Waals surface area contributed by atoms with Crippen LogP contribution in [0.1, 0.15) is 12.5 Å². The van der Waals surface area contributed by atoms with Crippen LogP contribution in [0.25, 0.3) is 0 Å². The Hall–Kier alpha value is -0.450. The Morgan fingerprint density at radius 2 is 2.21 bits per heavy atom. The Balaban J connectivity index is 3.17. The van der Waals surface area contributed by atoms with Gasteiger partial charge in [-0.15, -0.1) is 0 Å². The fourth-order valence-electron chi connectivity index (χ4n) is 1.24. The average molecular weight is 262 g/mol. The molecular weight excluding hydrogens is 249 g/mol. The maximum Gasteiger partial charge on any atom is 0.128 e. The van der Waals surface area contributed by atoms with Gasteiger partial charge in [-0.3, -0.25) is 0 Å². The van der Waals surface area contributed by atoms with E-state index in [2.05, 4.69) is 15.9 Å². The van der Waals surface area contributed by atoms with Crippen molar-refractivity contribution < 1.29 is 9.50 Å². The molecule has 78 valence electrons. The third-order valence-electron chi connectivity index (χ3n) is 2.38. The highest BCUT2D eigenvalue weighted by Crippen LogP contribution is 2.26. The van der Waals surface area contributed by atoms with Crippen molar-refractivity contribution >= 4 is 15.9 Å². The zero-order valence-corrected chi connectivity index (χ0v) is 9.51. The second kappa shape index (κ2) is 4.38. The summed E-state index contributed by atoms with van der Waals surface area (Å²) in [7, 11) is 0. The number of hydrogen-bond donors (Lipinski definition) is 2. The van der Waals surface area contributed by atoms with Gasteiger partial charge in [0.05, 0.1) is 6.61 Å². The van der Waals surface area contributed by atoms with E-state index in [-0.39, 0.29) is 19.0 Å². The molecule has 1 aromatic rings. The maximum absolute atomic E-state index is 13.5. The molecule has 0 aliphatic carbocycles. The summed E-state index contributed by atoms with van der Waals surface area (Å²) in [6.07, 6.45) is 0. The van der Waals surface area contributed by atoms with Gasteiger partial charge in [-0.05, 0) is 17.7 Å². The first-order valence-electron chi connectivity index (χ1n) is 4.30. The van der Waals surface area contributed by atoms with Crippen LogP contribution in [0.5, 0.6) is 0 Å². The second-order valence-electron chi connectivity index (χ2n) is 3.55. The summed E-state index contributed by atoms with van der Waals surface area (Å²) < 4.78 is 14.2. The minimum Gasteiger partial charge on any atom is -0.395 e. The molecule has 1 atom stereocenters. The van der Waals surface area contributed by atoms with Crippen molar-refractivity contribution in [3.8, 4) is 0 Å². The third kappa shape index (κ3) is 2.13. The van der Waals surface area contributed by atoms with E-state index < -0.39 is 5.41 Å². The maximum atomic E-state index is 13.5. The van der Waals surface area contributed by atoms with Crippen LogP contribution in [-0.4, -0.2) is 18.3 Å². The summed E-state index contributed by atoms with van der Waals surface area (Å²) in [4.78, 5) is 0. The Labute approximate surface area is 91.1 Å². The second-order valence-corrected chi connectivity index (χ2v) is 4.46. The van der Waals surface area contributed by atoms with Gasteiger partial charge < -0.3 is 10.8 Å². The third-order valence-corrected chi connectivity index (χ3v) is 2.87. The summed E-state index contributed by atoms with van der Waals surface area (Å²) >= 11 is 3.17. The van der Waals surface area contributed by atoms with E-state index in [0.29, 0.717) is 10.0 Å². The number of hydrogen-bond acceptors (Lipinski definition) is 2. The lowest BCUT2D eigenvalue weighted by Gasteiger charge is -2.26. The van der Waals surface area contributed by atoms with Crippen LogP contribution >= 0.6 is 15.9 Å². The SMILES string of the molecule is CC(CN)(CO)c1ccc(Br)cc1F. The molecule has 4 heteroatoms. The van der Waals surface area contributed by atoms with Crippen molar-refractivity contribution in [3.05, 3.63) is 34.1 Å².